The normalized spacial score (nSPS) is 18.6. The Morgan fingerprint density at radius 2 is 1.95 bits per heavy atom. The number of carbonyl (C=O) groups is 1. The second kappa shape index (κ2) is 10.8. The average molecular weight is 546 g/mol. The maximum absolute atomic E-state index is 15.6. The number of amides is 1. The number of anilines is 1. The molecule has 0 unspecified atom stereocenters. The topological polar surface area (TPSA) is 58.3 Å². The Labute approximate surface area is 232 Å². The molecule has 0 bridgehead atoms. The third kappa shape index (κ3) is 5.39. The van der Waals surface area contributed by atoms with E-state index in [1.165, 1.54) is 11.8 Å². The Balaban J connectivity index is 1.53. The molecule has 1 aromatic heterocycles. The molecule has 2 aliphatic rings. The number of thioether (sulfide) groups is 1. The molecule has 2 aromatic carbocycles. The summed E-state index contributed by atoms with van der Waals surface area (Å²) in [6, 6.07) is 14.3. The molecule has 5 rings (SSSR count). The molecule has 202 valence electrons. The molecule has 8 heteroatoms. The SMILES string of the molecule is CCCN1c2cc(F)c(/C=C3/SC(=Nc4ccc(OC)cc4)N(Cc4ccco4)C3=O)cc2C(C)=CC1(C)C. The van der Waals surface area contributed by atoms with Crippen LogP contribution in [0.2, 0.25) is 0 Å². The molecule has 0 atom stereocenters. The van der Waals surface area contributed by atoms with Gasteiger partial charge in [0.25, 0.3) is 5.91 Å². The molecule has 0 N–H and O–H groups in total. The van der Waals surface area contributed by atoms with Gasteiger partial charge in [-0.2, -0.15) is 0 Å². The highest BCUT2D eigenvalue weighted by Crippen LogP contribution is 2.42. The van der Waals surface area contributed by atoms with Crippen LogP contribution in [0.3, 0.4) is 0 Å². The summed E-state index contributed by atoms with van der Waals surface area (Å²) in [5.74, 6) is 0.739. The highest BCUT2D eigenvalue weighted by atomic mass is 32.2. The standard InChI is InChI=1S/C31H32FN3O3S/c1-6-13-35-27-17-26(32)21(15-25(27)20(2)18-31(35,3)4)16-28-29(36)34(19-24-8-7-14-38-24)30(39-28)33-22-9-11-23(37-5)12-10-22/h7-12,14-18H,6,13,19H2,1-5H3/b28-16+,33-30?. The number of aliphatic imine (C=N–C) groups is 1. The minimum absolute atomic E-state index is 0.212. The van der Waals surface area contributed by atoms with Crippen LogP contribution in [-0.2, 0) is 11.3 Å². The summed E-state index contributed by atoms with van der Waals surface area (Å²) >= 11 is 1.23. The van der Waals surface area contributed by atoms with Gasteiger partial charge in [-0.15, -0.1) is 0 Å². The van der Waals surface area contributed by atoms with Crippen LogP contribution in [0.4, 0.5) is 15.8 Å². The smallest absolute Gasteiger partial charge is 0.267 e. The third-order valence-corrected chi connectivity index (χ3v) is 7.92. The van der Waals surface area contributed by atoms with Crippen LogP contribution in [0.15, 0.2) is 75.2 Å². The van der Waals surface area contributed by atoms with Gasteiger partial charge >= 0.3 is 0 Å². The monoisotopic (exact) mass is 545 g/mol. The Hall–Kier alpha value is -3.78. The average Bonchev–Trinajstić information content (AvgIpc) is 3.52. The molecule has 1 amide bonds. The van der Waals surface area contributed by atoms with E-state index in [2.05, 4.69) is 38.7 Å². The lowest BCUT2D eigenvalue weighted by molar-refractivity contribution is -0.122. The van der Waals surface area contributed by atoms with E-state index in [0.717, 1.165) is 35.5 Å². The van der Waals surface area contributed by atoms with E-state index < -0.39 is 0 Å². The van der Waals surface area contributed by atoms with Crippen molar-refractivity contribution >= 4 is 45.9 Å². The lowest BCUT2D eigenvalue weighted by Crippen LogP contribution is -2.45. The largest absolute Gasteiger partial charge is 0.497 e. The molecule has 0 radical (unpaired) electrons. The Bertz CT molecular complexity index is 1470. The second-order valence-electron chi connectivity index (χ2n) is 10.2. The fourth-order valence-electron chi connectivity index (χ4n) is 5.06. The highest BCUT2D eigenvalue weighted by molar-refractivity contribution is 8.18. The number of nitrogens with zero attached hydrogens (tertiary/aromatic N) is 3. The van der Waals surface area contributed by atoms with Gasteiger partial charge in [-0.05, 0) is 99.1 Å². The van der Waals surface area contributed by atoms with Crippen molar-refractivity contribution in [3.63, 3.8) is 0 Å². The number of allylic oxidation sites excluding steroid dienone is 1. The molecular weight excluding hydrogens is 513 g/mol. The van der Waals surface area contributed by atoms with Crippen LogP contribution in [0.25, 0.3) is 11.6 Å². The summed E-state index contributed by atoms with van der Waals surface area (Å²) in [5, 5.41) is 0.498. The molecule has 1 saturated heterocycles. The summed E-state index contributed by atoms with van der Waals surface area (Å²) in [6.07, 6.45) is 6.38. The van der Waals surface area contributed by atoms with Crippen molar-refractivity contribution in [1.29, 1.82) is 0 Å². The van der Waals surface area contributed by atoms with Crippen molar-refractivity contribution in [2.24, 2.45) is 4.99 Å². The Morgan fingerprint density at radius 3 is 2.62 bits per heavy atom. The Morgan fingerprint density at radius 1 is 1.18 bits per heavy atom. The first-order chi connectivity index (χ1) is 18.7. The number of amidine groups is 1. The minimum Gasteiger partial charge on any atom is -0.497 e. The zero-order valence-corrected chi connectivity index (χ0v) is 23.6. The quantitative estimate of drug-likeness (QED) is 0.286. The van der Waals surface area contributed by atoms with Gasteiger partial charge in [0.15, 0.2) is 5.17 Å². The molecule has 6 nitrogen and oxygen atoms in total. The molecule has 0 aliphatic carbocycles. The van der Waals surface area contributed by atoms with Crippen LogP contribution < -0.4 is 9.64 Å². The van der Waals surface area contributed by atoms with Crippen molar-refractivity contribution in [2.75, 3.05) is 18.6 Å². The molecule has 3 heterocycles. The fourth-order valence-corrected chi connectivity index (χ4v) is 6.04. The first kappa shape index (κ1) is 26.8. The van der Waals surface area contributed by atoms with Crippen LogP contribution in [0.1, 0.15) is 51.0 Å². The van der Waals surface area contributed by atoms with E-state index in [1.54, 1.807) is 36.5 Å². The maximum atomic E-state index is 15.6. The van der Waals surface area contributed by atoms with Crippen LogP contribution in [0, 0.1) is 5.82 Å². The first-order valence-corrected chi connectivity index (χ1v) is 13.8. The van der Waals surface area contributed by atoms with Crippen molar-refractivity contribution < 1.29 is 18.3 Å². The molecule has 1 fully saturated rings. The van der Waals surface area contributed by atoms with E-state index in [9.17, 15) is 4.79 Å². The van der Waals surface area contributed by atoms with E-state index in [1.807, 2.05) is 36.4 Å². The molecule has 0 saturated carbocycles. The van der Waals surface area contributed by atoms with Gasteiger partial charge in [0.05, 0.1) is 36.0 Å². The van der Waals surface area contributed by atoms with E-state index in [4.69, 9.17) is 14.1 Å². The number of halogens is 1. The number of rotatable bonds is 7. The van der Waals surface area contributed by atoms with Gasteiger partial charge in [0.1, 0.15) is 17.3 Å². The molecule has 39 heavy (non-hydrogen) atoms. The summed E-state index contributed by atoms with van der Waals surface area (Å²) < 4.78 is 26.3. The number of hydrogen-bond donors (Lipinski definition) is 0. The number of fused-ring (bicyclic) bond motifs is 1. The Kier molecular flexibility index (Phi) is 7.40. The van der Waals surface area contributed by atoms with Crippen molar-refractivity contribution in [1.82, 2.24) is 4.90 Å². The zero-order chi connectivity index (χ0) is 27.7. The first-order valence-electron chi connectivity index (χ1n) is 13.0. The number of methoxy groups -OCH3 is 1. The second-order valence-corrected chi connectivity index (χ2v) is 11.2. The van der Waals surface area contributed by atoms with Gasteiger partial charge < -0.3 is 14.1 Å². The van der Waals surface area contributed by atoms with Crippen molar-refractivity contribution in [2.45, 2.75) is 46.2 Å². The summed E-state index contributed by atoms with van der Waals surface area (Å²) in [4.78, 5) is 22.5. The number of hydrogen-bond acceptors (Lipinski definition) is 6. The summed E-state index contributed by atoms with van der Waals surface area (Å²) in [5.41, 5.74) is 3.79. The van der Waals surface area contributed by atoms with E-state index in [-0.39, 0.29) is 23.8 Å². The number of furan rings is 1. The van der Waals surface area contributed by atoms with Gasteiger partial charge in [-0.3, -0.25) is 9.69 Å². The number of ether oxygens (including phenoxy) is 1. The van der Waals surface area contributed by atoms with Crippen LogP contribution in [-0.4, -0.2) is 35.2 Å². The maximum Gasteiger partial charge on any atom is 0.267 e. The molecular formula is C31H32FN3O3S. The predicted octanol–water partition coefficient (Wildman–Crippen LogP) is 7.64. The third-order valence-electron chi connectivity index (χ3n) is 6.91. The molecule has 3 aromatic rings. The van der Waals surface area contributed by atoms with Gasteiger partial charge in [-0.1, -0.05) is 13.0 Å². The van der Waals surface area contributed by atoms with Crippen LogP contribution in [0.5, 0.6) is 5.75 Å². The summed E-state index contributed by atoms with van der Waals surface area (Å²) in [6.45, 7) is 9.52. The predicted molar refractivity (Wildman–Crippen MR) is 157 cm³/mol. The van der Waals surface area contributed by atoms with E-state index >= 15 is 4.39 Å². The number of carbonyl (C=O) groups excluding carboxylic acids is 1. The fraction of sp³-hybridized carbons (Fsp3) is 0.290. The van der Waals surface area contributed by atoms with Crippen LogP contribution >= 0.6 is 11.8 Å². The van der Waals surface area contributed by atoms with Gasteiger partial charge in [-0.25, -0.2) is 9.38 Å². The van der Waals surface area contributed by atoms with Gasteiger partial charge in [0.2, 0.25) is 0 Å². The summed E-state index contributed by atoms with van der Waals surface area (Å²) in [7, 11) is 1.61. The van der Waals surface area contributed by atoms with E-state index in [0.29, 0.717) is 27.1 Å². The molecule has 0 spiro atoms. The minimum atomic E-state index is -0.362. The lowest BCUT2D eigenvalue weighted by atomic mass is 9.87. The van der Waals surface area contributed by atoms with Crippen molar-refractivity contribution in [3.8, 4) is 5.75 Å². The van der Waals surface area contributed by atoms with Gasteiger partial charge in [0, 0.05) is 23.4 Å². The van der Waals surface area contributed by atoms with Crippen molar-refractivity contribution in [3.05, 3.63) is 88.5 Å². The molecule has 2 aliphatic heterocycles. The zero-order valence-electron chi connectivity index (χ0n) is 22.8. The highest BCUT2D eigenvalue weighted by Gasteiger charge is 2.35. The number of benzene rings is 2. The lowest BCUT2D eigenvalue weighted by Gasteiger charge is -2.43.